The van der Waals surface area contributed by atoms with Gasteiger partial charge in [0, 0.05) is 0 Å². The fourth-order valence-electron chi connectivity index (χ4n) is 1.55. The zero-order valence-electron chi connectivity index (χ0n) is 10.3. The molecule has 0 fully saturated rings. The van der Waals surface area contributed by atoms with Gasteiger partial charge in [-0.05, 0) is 58.4 Å². The molecule has 0 aromatic heterocycles. The lowest BCUT2D eigenvalue weighted by Gasteiger charge is -2.10. The second-order valence-electron chi connectivity index (χ2n) is 4.07. The van der Waals surface area contributed by atoms with Crippen LogP contribution in [0.1, 0.15) is 15.9 Å². The standard InChI is InChI=1S/C14H8BrF3O3/c15-11-6-1-8(13(19)20)7-12(11)21-10-4-2-9(3-5-10)14(16,17)18/h1-7H,(H,19,20). The van der Waals surface area contributed by atoms with Crippen LogP contribution >= 0.6 is 15.9 Å². The van der Waals surface area contributed by atoms with Crippen LogP contribution in [0, 0.1) is 0 Å². The van der Waals surface area contributed by atoms with Crippen molar-refractivity contribution < 1.29 is 27.8 Å². The van der Waals surface area contributed by atoms with Crippen molar-refractivity contribution in [1.29, 1.82) is 0 Å². The molecule has 1 N–H and O–H groups in total. The van der Waals surface area contributed by atoms with Crippen LogP contribution in [-0.4, -0.2) is 11.1 Å². The summed E-state index contributed by atoms with van der Waals surface area (Å²) >= 11 is 3.19. The summed E-state index contributed by atoms with van der Waals surface area (Å²) in [4.78, 5) is 10.9. The molecule has 0 saturated heterocycles. The van der Waals surface area contributed by atoms with Gasteiger partial charge < -0.3 is 9.84 Å². The van der Waals surface area contributed by atoms with Crippen molar-refractivity contribution in [1.82, 2.24) is 0 Å². The Balaban J connectivity index is 2.26. The summed E-state index contributed by atoms with van der Waals surface area (Å²) in [5.74, 6) is -0.749. The van der Waals surface area contributed by atoms with Gasteiger partial charge in [-0.3, -0.25) is 0 Å². The maximum atomic E-state index is 12.4. The van der Waals surface area contributed by atoms with Gasteiger partial charge in [0.1, 0.15) is 11.5 Å². The fraction of sp³-hybridized carbons (Fsp3) is 0.0714. The number of aromatic carboxylic acids is 1. The van der Waals surface area contributed by atoms with Gasteiger partial charge in [0.2, 0.25) is 0 Å². The Morgan fingerprint density at radius 3 is 2.24 bits per heavy atom. The Labute approximate surface area is 126 Å². The van der Waals surface area contributed by atoms with Gasteiger partial charge in [0.25, 0.3) is 0 Å². The molecule has 0 aliphatic rings. The largest absolute Gasteiger partial charge is 0.478 e. The number of carboxylic acid groups (broad SMARTS) is 1. The third kappa shape index (κ3) is 3.75. The highest BCUT2D eigenvalue weighted by molar-refractivity contribution is 9.10. The third-order valence-electron chi connectivity index (χ3n) is 2.59. The van der Waals surface area contributed by atoms with Gasteiger partial charge in [-0.1, -0.05) is 0 Å². The van der Waals surface area contributed by atoms with E-state index in [9.17, 15) is 18.0 Å². The number of ether oxygens (including phenoxy) is 1. The first kappa shape index (κ1) is 15.4. The van der Waals surface area contributed by atoms with Crippen LogP contribution in [0.25, 0.3) is 0 Å². The Kier molecular flexibility index (Phi) is 4.22. The number of alkyl halides is 3. The molecule has 0 unspecified atom stereocenters. The fourth-order valence-corrected chi connectivity index (χ4v) is 1.88. The minimum Gasteiger partial charge on any atom is -0.478 e. The van der Waals surface area contributed by atoms with Gasteiger partial charge in [-0.15, -0.1) is 0 Å². The van der Waals surface area contributed by atoms with Gasteiger partial charge in [0.05, 0.1) is 15.6 Å². The quantitative estimate of drug-likeness (QED) is 0.841. The van der Waals surface area contributed by atoms with Crippen molar-refractivity contribution in [3.63, 3.8) is 0 Å². The van der Waals surface area contributed by atoms with E-state index in [1.54, 1.807) is 0 Å². The summed E-state index contributed by atoms with van der Waals surface area (Å²) in [6.45, 7) is 0. The van der Waals surface area contributed by atoms with Crippen LogP contribution in [0.4, 0.5) is 13.2 Å². The zero-order valence-corrected chi connectivity index (χ0v) is 11.9. The molecule has 3 nitrogen and oxygen atoms in total. The van der Waals surface area contributed by atoms with Crippen molar-refractivity contribution >= 4 is 21.9 Å². The normalized spacial score (nSPS) is 11.2. The second kappa shape index (κ2) is 5.77. The Morgan fingerprint density at radius 2 is 1.71 bits per heavy atom. The summed E-state index contributed by atoms with van der Waals surface area (Å²) in [7, 11) is 0. The molecule has 0 bridgehead atoms. The molecule has 0 radical (unpaired) electrons. The van der Waals surface area contributed by atoms with E-state index < -0.39 is 17.7 Å². The summed E-state index contributed by atoms with van der Waals surface area (Å²) in [5.41, 5.74) is -0.770. The third-order valence-corrected chi connectivity index (χ3v) is 3.24. The highest BCUT2D eigenvalue weighted by Gasteiger charge is 2.30. The van der Waals surface area contributed by atoms with Crippen LogP contribution in [0.5, 0.6) is 11.5 Å². The molecule has 2 rings (SSSR count). The number of hydrogen-bond acceptors (Lipinski definition) is 2. The topological polar surface area (TPSA) is 46.5 Å². The number of carboxylic acids is 1. The predicted octanol–water partition coefficient (Wildman–Crippen LogP) is 4.96. The first-order valence-electron chi connectivity index (χ1n) is 5.65. The summed E-state index contributed by atoms with van der Waals surface area (Å²) < 4.78 is 43.2. The first-order valence-corrected chi connectivity index (χ1v) is 6.44. The number of rotatable bonds is 3. The van der Waals surface area contributed by atoms with Crippen LogP contribution in [0.15, 0.2) is 46.9 Å². The lowest BCUT2D eigenvalue weighted by atomic mass is 10.2. The van der Waals surface area contributed by atoms with Gasteiger partial charge >= 0.3 is 12.1 Å². The van der Waals surface area contributed by atoms with Gasteiger partial charge in [0.15, 0.2) is 0 Å². The van der Waals surface area contributed by atoms with E-state index >= 15 is 0 Å². The average molecular weight is 361 g/mol. The van der Waals surface area contributed by atoms with E-state index in [0.29, 0.717) is 4.47 Å². The molecule has 7 heteroatoms. The summed E-state index contributed by atoms with van der Waals surface area (Å²) in [6.07, 6.45) is -4.41. The molecule has 0 aliphatic carbocycles. The average Bonchev–Trinajstić information content (AvgIpc) is 2.40. The molecule has 0 spiro atoms. The van der Waals surface area contributed by atoms with Gasteiger partial charge in [-0.2, -0.15) is 13.2 Å². The number of hydrogen-bond donors (Lipinski definition) is 1. The summed E-state index contributed by atoms with van der Waals surface area (Å²) in [6, 6.07) is 8.28. The molecule has 0 aliphatic heterocycles. The predicted molar refractivity (Wildman–Crippen MR) is 72.6 cm³/mol. The lowest BCUT2D eigenvalue weighted by molar-refractivity contribution is -0.137. The van der Waals surface area contributed by atoms with E-state index in [4.69, 9.17) is 9.84 Å². The van der Waals surface area contributed by atoms with Crippen LogP contribution in [0.3, 0.4) is 0 Å². The van der Waals surface area contributed by atoms with Crippen molar-refractivity contribution in [2.45, 2.75) is 6.18 Å². The first-order chi connectivity index (χ1) is 9.77. The monoisotopic (exact) mass is 360 g/mol. The highest BCUT2D eigenvalue weighted by Crippen LogP contribution is 2.33. The maximum absolute atomic E-state index is 12.4. The maximum Gasteiger partial charge on any atom is 0.416 e. The Morgan fingerprint density at radius 1 is 1.10 bits per heavy atom. The molecule has 2 aromatic carbocycles. The SMILES string of the molecule is O=C(O)c1ccc(Br)c(Oc2ccc(C(F)(F)F)cc2)c1. The second-order valence-corrected chi connectivity index (χ2v) is 4.93. The molecule has 0 amide bonds. The van der Waals surface area contributed by atoms with Crippen molar-refractivity contribution in [3.8, 4) is 11.5 Å². The van der Waals surface area contributed by atoms with E-state index in [0.717, 1.165) is 12.1 Å². The van der Waals surface area contributed by atoms with Crippen LogP contribution in [-0.2, 0) is 6.18 Å². The number of halogens is 4. The van der Waals surface area contributed by atoms with E-state index in [1.165, 1.54) is 30.3 Å². The molecule has 2 aromatic rings. The lowest BCUT2D eigenvalue weighted by Crippen LogP contribution is -2.04. The molecule has 0 atom stereocenters. The van der Waals surface area contributed by atoms with E-state index in [2.05, 4.69) is 15.9 Å². The molecule has 21 heavy (non-hydrogen) atoms. The molecule has 0 saturated carbocycles. The van der Waals surface area contributed by atoms with Crippen molar-refractivity contribution in [3.05, 3.63) is 58.1 Å². The molecule has 0 heterocycles. The summed E-state index contributed by atoms with van der Waals surface area (Å²) in [5, 5.41) is 8.90. The minimum absolute atomic E-state index is 0.0140. The molecular weight excluding hydrogens is 353 g/mol. The molecular formula is C14H8BrF3O3. The van der Waals surface area contributed by atoms with Crippen molar-refractivity contribution in [2.24, 2.45) is 0 Å². The number of carbonyl (C=O) groups is 1. The zero-order chi connectivity index (χ0) is 15.6. The minimum atomic E-state index is -4.41. The van der Waals surface area contributed by atoms with Crippen LogP contribution < -0.4 is 4.74 Å². The Bertz CT molecular complexity index is 666. The smallest absolute Gasteiger partial charge is 0.416 e. The highest BCUT2D eigenvalue weighted by atomic mass is 79.9. The molecule has 110 valence electrons. The van der Waals surface area contributed by atoms with E-state index in [1.807, 2.05) is 0 Å². The van der Waals surface area contributed by atoms with Crippen LogP contribution in [0.2, 0.25) is 0 Å². The number of benzene rings is 2. The Hall–Kier alpha value is -2.02. The van der Waals surface area contributed by atoms with E-state index in [-0.39, 0.29) is 17.1 Å². The van der Waals surface area contributed by atoms with Crippen molar-refractivity contribution in [2.75, 3.05) is 0 Å². The van der Waals surface area contributed by atoms with Gasteiger partial charge in [-0.25, -0.2) is 4.79 Å².